The first kappa shape index (κ1) is 11.3. The quantitative estimate of drug-likeness (QED) is 0.698. The minimum Gasteiger partial charge on any atom is -0.374 e. The summed E-state index contributed by atoms with van der Waals surface area (Å²) in [7, 11) is 0. The topological polar surface area (TPSA) is 43.2 Å². The van der Waals surface area contributed by atoms with Crippen LogP contribution >= 0.6 is 0 Å². The molecule has 0 aromatic carbocycles. The van der Waals surface area contributed by atoms with E-state index in [1.165, 1.54) is 5.57 Å². The van der Waals surface area contributed by atoms with E-state index in [2.05, 4.69) is 28.5 Å². The molecule has 16 heavy (non-hydrogen) atoms. The standard InChI is InChI=1S/C11H18N4O/c1-10(2)5-14-3-4-16-11(6-14)7-15-9-12-8-13-15/h8-9,11H,1,3-7H2,2H3. The normalized spacial score (nSPS) is 22.2. The van der Waals surface area contributed by atoms with Crippen molar-refractivity contribution in [2.24, 2.45) is 0 Å². The van der Waals surface area contributed by atoms with Gasteiger partial charge in [-0.1, -0.05) is 12.2 Å². The molecular formula is C11H18N4O. The molecule has 1 aromatic heterocycles. The van der Waals surface area contributed by atoms with Crippen LogP contribution in [0.5, 0.6) is 0 Å². The van der Waals surface area contributed by atoms with Crippen molar-refractivity contribution in [1.29, 1.82) is 0 Å². The van der Waals surface area contributed by atoms with Crippen LogP contribution in [-0.4, -0.2) is 52.0 Å². The molecule has 2 rings (SSSR count). The zero-order valence-electron chi connectivity index (χ0n) is 9.67. The van der Waals surface area contributed by atoms with Gasteiger partial charge in [-0.15, -0.1) is 0 Å². The summed E-state index contributed by atoms with van der Waals surface area (Å²) >= 11 is 0. The predicted octanol–water partition coefficient (Wildman–Crippen LogP) is 0.555. The van der Waals surface area contributed by atoms with E-state index in [9.17, 15) is 0 Å². The summed E-state index contributed by atoms with van der Waals surface area (Å²) < 4.78 is 7.52. The molecule has 1 saturated heterocycles. The maximum atomic E-state index is 5.70. The molecule has 0 aliphatic carbocycles. The minimum atomic E-state index is 0.204. The molecule has 88 valence electrons. The molecule has 0 amide bonds. The molecule has 1 unspecified atom stereocenters. The van der Waals surface area contributed by atoms with Gasteiger partial charge >= 0.3 is 0 Å². The van der Waals surface area contributed by atoms with Gasteiger partial charge in [-0.25, -0.2) is 4.98 Å². The molecule has 0 saturated carbocycles. The second-order valence-corrected chi connectivity index (χ2v) is 4.30. The van der Waals surface area contributed by atoms with Gasteiger partial charge in [-0.3, -0.25) is 9.58 Å². The van der Waals surface area contributed by atoms with Crippen molar-refractivity contribution in [1.82, 2.24) is 19.7 Å². The van der Waals surface area contributed by atoms with Crippen LogP contribution in [-0.2, 0) is 11.3 Å². The van der Waals surface area contributed by atoms with Crippen molar-refractivity contribution in [2.45, 2.75) is 19.6 Å². The lowest BCUT2D eigenvalue weighted by Gasteiger charge is -2.32. The fourth-order valence-corrected chi connectivity index (χ4v) is 1.95. The Morgan fingerprint density at radius 3 is 3.19 bits per heavy atom. The average Bonchev–Trinajstić information content (AvgIpc) is 2.70. The Kier molecular flexibility index (Phi) is 3.69. The van der Waals surface area contributed by atoms with Crippen molar-refractivity contribution in [3.05, 3.63) is 24.8 Å². The van der Waals surface area contributed by atoms with Crippen molar-refractivity contribution in [3.8, 4) is 0 Å². The van der Waals surface area contributed by atoms with Crippen LogP contribution in [0.25, 0.3) is 0 Å². The smallest absolute Gasteiger partial charge is 0.137 e. The molecule has 1 fully saturated rings. The summed E-state index contributed by atoms with van der Waals surface area (Å²) in [4.78, 5) is 6.29. The van der Waals surface area contributed by atoms with Crippen LogP contribution in [0, 0.1) is 0 Å². The van der Waals surface area contributed by atoms with Crippen molar-refractivity contribution in [2.75, 3.05) is 26.2 Å². The lowest BCUT2D eigenvalue weighted by atomic mass is 10.2. The van der Waals surface area contributed by atoms with Crippen molar-refractivity contribution in [3.63, 3.8) is 0 Å². The molecule has 0 spiro atoms. The highest BCUT2D eigenvalue weighted by Gasteiger charge is 2.20. The van der Waals surface area contributed by atoms with Crippen LogP contribution in [0.3, 0.4) is 0 Å². The second-order valence-electron chi connectivity index (χ2n) is 4.30. The molecule has 0 N–H and O–H groups in total. The zero-order chi connectivity index (χ0) is 11.4. The summed E-state index contributed by atoms with van der Waals surface area (Å²) in [5.41, 5.74) is 1.20. The molecular weight excluding hydrogens is 204 g/mol. The molecule has 2 heterocycles. The number of hydrogen-bond acceptors (Lipinski definition) is 4. The Balaban J connectivity index is 1.84. The van der Waals surface area contributed by atoms with E-state index < -0.39 is 0 Å². The van der Waals surface area contributed by atoms with Gasteiger partial charge in [0.25, 0.3) is 0 Å². The average molecular weight is 222 g/mol. The van der Waals surface area contributed by atoms with Crippen LogP contribution < -0.4 is 0 Å². The third-order valence-electron chi connectivity index (χ3n) is 2.57. The SMILES string of the molecule is C=C(C)CN1CCOC(Cn2cncn2)C1. The van der Waals surface area contributed by atoms with E-state index in [0.717, 1.165) is 32.8 Å². The van der Waals surface area contributed by atoms with Gasteiger partial charge < -0.3 is 4.74 Å². The molecule has 1 aliphatic rings. The maximum Gasteiger partial charge on any atom is 0.137 e. The fraction of sp³-hybridized carbons (Fsp3) is 0.636. The summed E-state index contributed by atoms with van der Waals surface area (Å²) in [5.74, 6) is 0. The van der Waals surface area contributed by atoms with Crippen molar-refractivity contribution >= 4 is 0 Å². The summed E-state index contributed by atoms with van der Waals surface area (Å²) in [6.07, 6.45) is 3.48. The maximum absolute atomic E-state index is 5.70. The Morgan fingerprint density at radius 2 is 2.50 bits per heavy atom. The Hall–Kier alpha value is -1.20. The molecule has 1 atom stereocenters. The number of aromatic nitrogens is 3. The summed E-state index contributed by atoms with van der Waals surface area (Å²) in [6.45, 7) is 10.4. The number of rotatable bonds is 4. The lowest BCUT2D eigenvalue weighted by molar-refractivity contribution is -0.0345. The summed E-state index contributed by atoms with van der Waals surface area (Å²) in [6, 6.07) is 0. The highest BCUT2D eigenvalue weighted by Crippen LogP contribution is 2.08. The Bertz CT molecular complexity index is 336. The van der Waals surface area contributed by atoms with Gasteiger partial charge in [0.15, 0.2) is 0 Å². The van der Waals surface area contributed by atoms with E-state index in [4.69, 9.17) is 4.74 Å². The van der Waals surface area contributed by atoms with Crippen LogP contribution in [0.1, 0.15) is 6.92 Å². The molecule has 1 aliphatic heterocycles. The molecule has 0 bridgehead atoms. The van der Waals surface area contributed by atoms with Gasteiger partial charge in [-0.2, -0.15) is 5.10 Å². The van der Waals surface area contributed by atoms with E-state index in [1.807, 2.05) is 4.68 Å². The van der Waals surface area contributed by atoms with Crippen LogP contribution in [0.2, 0.25) is 0 Å². The number of nitrogens with zero attached hydrogens (tertiary/aromatic N) is 4. The molecule has 5 heteroatoms. The first-order valence-corrected chi connectivity index (χ1v) is 5.55. The molecule has 0 radical (unpaired) electrons. The van der Waals surface area contributed by atoms with E-state index >= 15 is 0 Å². The third kappa shape index (κ3) is 3.15. The fourth-order valence-electron chi connectivity index (χ4n) is 1.95. The number of hydrogen-bond donors (Lipinski definition) is 0. The van der Waals surface area contributed by atoms with Gasteiger partial charge in [0.1, 0.15) is 12.7 Å². The predicted molar refractivity (Wildman–Crippen MR) is 61.0 cm³/mol. The van der Waals surface area contributed by atoms with Crippen molar-refractivity contribution < 1.29 is 4.74 Å². The molecule has 5 nitrogen and oxygen atoms in total. The Morgan fingerprint density at radius 1 is 1.62 bits per heavy atom. The highest BCUT2D eigenvalue weighted by molar-refractivity contribution is 4.92. The van der Waals surface area contributed by atoms with Gasteiger partial charge in [0.05, 0.1) is 19.3 Å². The lowest BCUT2D eigenvalue weighted by Crippen LogP contribution is -2.44. The summed E-state index contributed by atoms with van der Waals surface area (Å²) in [5, 5.41) is 4.09. The van der Waals surface area contributed by atoms with E-state index in [1.54, 1.807) is 12.7 Å². The highest BCUT2D eigenvalue weighted by atomic mass is 16.5. The van der Waals surface area contributed by atoms with E-state index in [-0.39, 0.29) is 6.10 Å². The number of ether oxygens (including phenoxy) is 1. The van der Waals surface area contributed by atoms with Crippen LogP contribution in [0.4, 0.5) is 0 Å². The number of morpholine rings is 1. The molecule has 1 aromatic rings. The zero-order valence-corrected chi connectivity index (χ0v) is 9.67. The van der Waals surface area contributed by atoms with Gasteiger partial charge in [-0.05, 0) is 6.92 Å². The minimum absolute atomic E-state index is 0.204. The third-order valence-corrected chi connectivity index (χ3v) is 2.57. The largest absolute Gasteiger partial charge is 0.374 e. The monoisotopic (exact) mass is 222 g/mol. The van der Waals surface area contributed by atoms with E-state index in [0.29, 0.717) is 0 Å². The van der Waals surface area contributed by atoms with Gasteiger partial charge in [0.2, 0.25) is 0 Å². The van der Waals surface area contributed by atoms with Gasteiger partial charge in [0, 0.05) is 19.6 Å². The first-order valence-electron chi connectivity index (χ1n) is 5.55. The Labute approximate surface area is 95.7 Å². The first-order chi connectivity index (χ1) is 7.74. The van der Waals surface area contributed by atoms with Crippen LogP contribution in [0.15, 0.2) is 24.8 Å². The second kappa shape index (κ2) is 5.23.